The van der Waals surface area contributed by atoms with Crippen molar-refractivity contribution in [3.8, 4) is 0 Å². The van der Waals surface area contributed by atoms with Gasteiger partial charge in [-0.3, -0.25) is 4.79 Å². The first-order valence-electron chi connectivity index (χ1n) is 4.69. The van der Waals surface area contributed by atoms with Gasteiger partial charge in [-0.2, -0.15) is 0 Å². The molecule has 0 spiro atoms. The molecule has 1 aliphatic heterocycles. The number of aliphatic carboxylic acids is 1. The summed E-state index contributed by atoms with van der Waals surface area (Å²) in [5.74, 6) is -0.232. The summed E-state index contributed by atoms with van der Waals surface area (Å²) in [6, 6.07) is -0.351. The number of rotatable bonds is 4. The third-order valence-electron chi connectivity index (χ3n) is 2.54. The predicted molar refractivity (Wildman–Crippen MR) is 48.6 cm³/mol. The number of hydrogen-bond acceptors (Lipinski definition) is 3. The number of hydrogen-bond donors (Lipinski definition) is 2. The number of piperidine rings is 1. The van der Waals surface area contributed by atoms with Crippen molar-refractivity contribution in [2.24, 2.45) is 5.92 Å². The molecule has 1 fully saturated rings. The van der Waals surface area contributed by atoms with E-state index < -0.39 is 5.97 Å². The second kappa shape index (κ2) is 5.19. The van der Waals surface area contributed by atoms with E-state index in [1.165, 1.54) is 0 Å². The highest BCUT2D eigenvalue weighted by atomic mass is 16.5. The average Bonchev–Trinajstić information content (AvgIpc) is 2.15. The fraction of sp³-hybridized carbons (Fsp3) is 0.889. The van der Waals surface area contributed by atoms with E-state index in [2.05, 4.69) is 5.32 Å². The van der Waals surface area contributed by atoms with Crippen LogP contribution in [0.1, 0.15) is 19.3 Å². The molecular weight excluding hydrogens is 170 g/mol. The Kier molecular flexibility index (Phi) is 4.18. The van der Waals surface area contributed by atoms with Gasteiger partial charge in [0.15, 0.2) is 0 Å². The lowest BCUT2D eigenvalue weighted by molar-refractivity contribution is -0.140. The maximum absolute atomic E-state index is 10.7. The van der Waals surface area contributed by atoms with Crippen molar-refractivity contribution in [2.45, 2.75) is 25.3 Å². The summed E-state index contributed by atoms with van der Waals surface area (Å²) < 4.78 is 4.97. The fourth-order valence-electron chi connectivity index (χ4n) is 1.73. The summed E-state index contributed by atoms with van der Waals surface area (Å²) in [5.41, 5.74) is 0. The molecule has 1 saturated heterocycles. The topological polar surface area (TPSA) is 58.6 Å². The number of carboxylic acids is 1. The van der Waals surface area contributed by atoms with E-state index >= 15 is 0 Å². The molecule has 2 atom stereocenters. The highest BCUT2D eigenvalue weighted by molar-refractivity contribution is 5.73. The predicted octanol–water partition coefficient (Wildman–Crippen LogP) is 0.476. The number of nitrogens with one attached hydrogen (secondary N) is 1. The van der Waals surface area contributed by atoms with Crippen LogP contribution in [0.2, 0.25) is 0 Å². The molecule has 1 heterocycles. The second-order valence-corrected chi connectivity index (χ2v) is 3.52. The first-order chi connectivity index (χ1) is 6.24. The summed E-state index contributed by atoms with van der Waals surface area (Å²) in [4.78, 5) is 10.7. The number of carboxylic acid groups (broad SMARTS) is 1. The number of carbonyl (C=O) groups is 1. The van der Waals surface area contributed by atoms with Crippen molar-refractivity contribution in [2.75, 3.05) is 20.3 Å². The van der Waals surface area contributed by atoms with E-state index in [0.29, 0.717) is 5.92 Å². The van der Waals surface area contributed by atoms with Crippen molar-refractivity contribution in [1.82, 2.24) is 5.32 Å². The van der Waals surface area contributed by atoms with E-state index in [4.69, 9.17) is 9.84 Å². The van der Waals surface area contributed by atoms with E-state index in [9.17, 15) is 4.79 Å². The lowest BCUT2D eigenvalue weighted by Crippen LogP contribution is -2.43. The van der Waals surface area contributed by atoms with Crippen LogP contribution in [0.4, 0.5) is 0 Å². The average molecular weight is 187 g/mol. The Balaban J connectivity index is 2.29. The lowest BCUT2D eigenvalue weighted by atomic mass is 9.90. The standard InChI is InChI=1S/C9H17NO3/c1-13-5-3-7-2-4-10-8(6-7)9(11)12/h7-8,10H,2-6H2,1H3,(H,11,12). The minimum absolute atomic E-state index is 0.351. The number of methoxy groups -OCH3 is 1. The minimum atomic E-state index is -0.734. The van der Waals surface area contributed by atoms with Crippen LogP contribution in [0.25, 0.3) is 0 Å². The van der Waals surface area contributed by atoms with Crippen LogP contribution in [0.15, 0.2) is 0 Å². The highest BCUT2D eigenvalue weighted by Crippen LogP contribution is 2.19. The zero-order valence-electron chi connectivity index (χ0n) is 7.95. The van der Waals surface area contributed by atoms with Crippen LogP contribution in [0.5, 0.6) is 0 Å². The molecule has 76 valence electrons. The van der Waals surface area contributed by atoms with Gasteiger partial charge in [-0.15, -0.1) is 0 Å². The maximum Gasteiger partial charge on any atom is 0.320 e. The zero-order chi connectivity index (χ0) is 9.68. The Labute approximate surface area is 78.3 Å². The molecule has 4 heteroatoms. The molecule has 1 rings (SSSR count). The Hall–Kier alpha value is -0.610. The maximum atomic E-state index is 10.7. The molecule has 2 N–H and O–H groups in total. The Bertz CT molecular complexity index is 172. The largest absolute Gasteiger partial charge is 0.480 e. The molecule has 2 unspecified atom stereocenters. The zero-order valence-corrected chi connectivity index (χ0v) is 7.95. The normalized spacial score (nSPS) is 28.7. The van der Waals surface area contributed by atoms with Crippen molar-refractivity contribution in [3.05, 3.63) is 0 Å². The minimum Gasteiger partial charge on any atom is -0.480 e. The lowest BCUT2D eigenvalue weighted by Gasteiger charge is -2.27. The first kappa shape index (κ1) is 10.5. The second-order valence-electron chi connectivity index (χ2n) is 3.52. The molecule has 0 aromatic carbocycles. The van der Waals surface area contributed by atoms with Gasteiger partial charge in [0.1, 0.15) is 6.04 Å². The highest BCUT2D eigenvalue weighted by Gasteiger charge is 2.25. The molecule has 1 aliphatic rings. The molecule has 0 bridgehead atoms. The molecular formula is C9H17NO3. The van der Waals surface area contributed by atoms with Crippen LogP contribution in [-0.2, 0) is 9.53 Å². The van der Waals surface area contributed by atoms with Gasteiger partial charge in [0.2, 0.25) is 0 Å². The SMILES string of the molecule is COCCC1CCNC(C(=O)O)C1. The van der Waals surface area contributed by atoms with Crippen LogP contribution in [0, 0.1) is 5.92 Å². The van der Waals surface area contributed by atoms with Crippen molar-refractivity contribution in [3.63, 3.8) is 0 Å². The van der Waals surface area contributed by atoms with Gasteiger partial charge in [-0.25, -0.2) is 0 Å². The Morgan fingerprint density at radius 2 is 2.46 bits per heavy atom. The molecule has 13 heavy (non-hydrogen) atoms. The number of ether oxygens (including phenoxy) is 1. The summed E-state index contributed by atoms with van der Waals surface area (Å²) in [5, 5.41) is 11.8. The van der Waals surface area contributed by atoms with Crippen LogP contribution in [-0.4, -0.2) is 37.4 Å². The van der Waals surface area contributed by atoms with Gasteiger partial charge < -0.3 is 15.2 Å². The molecule has 0 amide bonds. The Morgan fingerprint density at radius 3 is 3.08 bits per heavy atom. The van der Waals surface area contributed by atoms with Gasteiger partial charge in [0.05, 0.1) is 0 Å². The Morgan fingerprint density at radius 1 is 1.69 bits per heavy atom. The molecule has 0 aliphatic carbocycles. The van der Waals surface area contributed by atoms with Gasteiger partial charge in [-0.05, 0) is 31.7 Å². The van der Waals surface area contributed by atoms with Crippen molar-refractivity contribution in [1.29, 1.82) is 0 Å². The van der Waals surface area contributed by atoms with Gasteiger partial charge >= 0.3 is 5.97 Å². The molecule has 0 aromatic heterocycles. The quantitative estimate of drug-likeness (QED) is 0.672. The van der Waals surface area contributed by atoms with Crippen molar-refractivity contribution >= 4 is 5.97 Å². The van der Waals surface area contributed by atoms with Gasteiger partial charge in [-0.1, -0.05) is 0 Å². The smallest absolute Gasteiger partial charge is 0.320 e. The van der Waals surface area contributed by atoms with E-state index in [1.54, 1.807) is 7.11 Å². The third kappa shape index (κ3) is 3.32. The summed E-state index contributed by atoms with van der Waals surface area (Å²) in [6.07, 6.45) is 2.77. The van der Waals surface area contributed by atoms with Gasteiger partial charge in [0.25, 0.3) is 0 Å². The van der Waals surface area contributed by atoms with Gasteiger partial charge in [0, 0.05) is 13.7 Å². The third-order valence-corrected chi connectivity index (χ3v) is 2.54. The molecule has 4 nitrogen and oxygen atoms in total. The molecule has 0 radical (unpaired) electrons. The summed E-state index contributed by atoms with van der Waals surface area (Å²) in [7, 11) is 1.68. The van der Waals surface area contributed by atoms with Crippen LogP contribution >= 0.6 is 0 Å². The van der Waals surface area contributed by atoms with Crippen LogP contribution in [0.3, 0.4) is 0 Å². The molecule has 0 aromatic rings. The van der Waals surface area contributed by atoms with Crippen LogP contribution < -0.4 is 5.32 Å². The monoisotopic (exact) mass is 187 g/mol. The summed E-state index contributed by atoms with van der Waals surface area (Å²) >= 11 is 0. The van der Waals surface area contributed by atoms with E-state index in [-0.39, 0.29) is 6.04 Å². The molecule has 0 saturated carbocycles. The van der Waals surface area contributed by atoms with E-state index in [0.717, 1.165) is 32.4 Å². The van der Waals surface area contributed by atoms with Crippen molar-refractivity contribution < 1.29 is 14.6 Å². The first-order valence-corrected chi connectivity index (χ1v) is 4.69. The fourth-order valence-corrected chi connectivity index (χ4v) is 1.73. The summed E-state index contributed by atoms with van der Waals surface area (Å²) in [6.45, 7) is 1.54. The van der Waals surface area contributed by atoms with E-state index in [1.807, 2.05) is 0 Å².